The Morgan fingerprint density at radius 3 is 1.45 bits per heavy atom. The lowest BCUT2D eigenvalue weighted by molar-refractivity contribution is 0.100. The largest absolute Gasteiger partial charge is 0.493 e. The van der Waals surface area contributed by atoms with Gasteiger partial charge in [-0.25, -0.2) is 0 Å². The molecule has 0 unspecified atom stereocenters. The molecule has 0 aliphatic carbocycles. The molecular formula is C21H24O8. The van der Waals surface area contributed by atoms with Crippen molar-refractivity contribution in [1.82, 2.24) is 0 Å². The van der Waals surface area contributed by atoms with Crippen LogP contribution >= 0.6 is 0 Å². The van der Waals surface area contributed by atoms with Crippen molar-refractivity contribution >= 4 is 11.6 Å². The molecule has 8 heteroatoms. The summed E-state index contributed by atoms with van der Waals surface area (Å²) in [5.41, 5.74) is 0.549. The fourth-order valence-corrected chi connectivity index (χ4v) is 2.84. The first-order valence-electron chi connectivity index (χ1n) is 8.61. The van der Waals surface area contributed by atoms with E-state index < -0.39 is 0 Å². The Bertz CT molecular complexity index is 908. The van der Waals surface area contributed by atoms with Gasteiger partial charge in [0, 0.05) is 11.6 Å². The molecule has 0 amide bonds. The molecule has 0 heterocycles. The first-order valence-corrected chi connectivity index (χ1v) is 8.61. The third kappa shape index (κ3) is 4.21. The molecule has 0 aliphatic heterocycles. The molecule has 0 spiro atoms. The molecule has 8 nitrogen and oxygen atoms in total. The molecule has 0 saturated heterocycles. The van der Waals surface area contributed by atoms with E-state index in [9.17, 15) is 9.59 Å². The maximum atomic E-state index is 12.4. The zero-order valence-corrected chi connectivity index (χ0v) is 17.5. The molecule has 0 bridgehead atoms. The lowest BCUT2D eigenvalue weighted by atomic mass is 10.1. The van der Waals surface area contributed by atoms with E-state index in [1.807, 2.05) is 0 Å². The van der Waals surface area contributed by atoms with E-state index in [1.165, 1.54) is 67.6 Å². The van der Waals surface area contributed by atoms with Crippen molar-refractivity contribution in [3.8, 4) is 40.2 Å². The van der Waals surface area contributed by atoms with Gasteiger partial charge in [0.25, 0.3) is 0 Å². The van der Waals surface area contributed by atoms with Crippen LogP contribution in [0.15, 0.2) is 18.2 Å². The molecule has 0 atom stereocenters. The Labute approximate surface area is 169 Å². The number of carbonyl (C=O) groups excluding carboxylic acids is 2. The maximum absolute atomic E-state index is 12.4. The van der Waals surface area contributed by atoms with Crippen molar-refractivity contribution in [2.24, 2.45) is 0 Å². The first-order chi connectivity index (χ1) is 13.8. The molecule has 156 valence electrons. The summed E-state index contributed by atoms with van der Waals surface area (Å²) < 4.78 is 32.9. The summed E-state index contributed by atoms with van der Waals surface area (Å²) >= 11 is 0. The Morgan fingerprint density at radius 2 is 1.07 bits per heavy atom. The number of hydrogen-bond acceptors (Lipinski definition) is 8. The van der Waals surface area contributed by atoms with Crippen LogP contribution in [0.5, 0.6) is 40.2 Å². The van der Waals surface area contributed by atoms with Crippen LogP contribution in [0.3, 0.4) is 0 Å². The van der Waals surface area contributed by atoms with E-state index in [2.05, 4.69) is 0 Å². The summed E-state index contributed by atoms with van der Waals surface area (Å²) in [5.74, 6) is 1.14. The van der Waals surface area contributed by atoms with Gasteiger partial charge in [0.05, 0.1) is 35.5 Å². The molecule has 0 saturated carbocycles. The number of ketones is 2. The van der Waals surface area contributed by atoms with Gasteiger partial charge in [0.2, 0.25) is 11.5 Å². The summed E-state index contributed by atoms with van der Waals surface area (Å²) in [6.45, 7) is 2.81. The van der Waals surface area contributed by atoms with Crippen LogP contribution in [0, 0.1) is 0 Å². The van der Waals surface area contributed by atoms with Gasteiger partial charge in [-0.1, -0.05) is 0 Å². The highest BCUT2D eigenvalue weighted by molar-refractivity contribution is 6.01. The Balaban J connectivity index is 2.77. The van der Waals surface area contributed by atoms with Crippen LogP contribution in [-0.2, 0) is 0 Å². The van der Waals surface area contributed by atoms with Gasteiger partial charge < -0.3 is 28.4 Å². The van der Waals surface area contributed by atoms with Crippen molar-refractivity contribution in [1.29, 1.82) is 0 Å². The van der Waals surface area contributed by atoms with Crippen LogP contribution in [0.1, 0.15) is 34.6 Å². The van der Waals surface area contributed by atoms with E-state index in [1.54, 1.807) is 0 Å². The first kappa shape index (κ1) is 21.9. The number of Topliss-reactive ketones (excluding diaryl/α,β-unsaturated/α-hetero) is 2. The zero-order valence-electron chi connectivity index (χ0n) is 17.5. The number of benzene rings is 2. The number of ether oxygens (including phenoxy) is 6. The van der Waals surface area contributed by atoms with Crippen LogP contribution in [-0.4, -0.2) is 47.1 Å². The number of carbonyl (C=O) groups is 2. The van der Waals surface area contributed by atoms with Crippen molar-refractivity contribution < 1.29 is 38.0 Å². The van der Waals surface area contributed by atoms with E-state index in [0.29, 0.717) is 11.3 Å². The summed E-state index contributed by atoms with van der Waals surface area (Å²) in [4.78, 5) is 24.2. The van der Waals surface area contributed by atoms with Gasteiger partial charge in [0.1, 0.15) is 11.3 Å². The number of hydrogen-bond donors (Lipinski definition) is 0. The lowest BCUT2D eigenvalue weighted by Gasteiger charge is -2.20. The number of rotatable bonds is 9. The smallest absolute Gasteiger partial charge is 0.211 e. The topological polar surface area (TPSA) is 89.5 Å². The van der Waals surface area contributed by atoms with Crippen LogP contribution in [0.2, 0.25) is 0 Å². The minimum atomic E-state index is -0.309. The SMILES string of the molecule is COc1cc(C(C)=O)cc(OC)c1Oc1cc(OC)c(OC)c(OC)c1C(C)=O. The van der Waals surface area contributed by atoms with Crippen molar-refractivity contribution in [2.75, 3.05) is 35.5 Å². The summed E-state index contributed by atoms with van der Waals surface area (Å²) in [6.07, 6.45) is 0. The molecule has 29 heavy (non-hydrogen) atoms. The van der Waals surface area contributed by atoms with Crippen molar-refractivity contribution in [2.45, 2.75) is 13.8 Å². The Morgan fingerprint density at radius 1 is 0.586 bits per heavy atom. The van der Waals surface area contributed by atoms with Gasteiger partial charge in [-0.2, -0.15) is 0 Å². The van der Waals surface area contributed by atoms with Crippen LogP contribution in [0.4, 0.5) is 0 Å². The standard InChI is InChI=1S/C21H24O8/c1-11(22)13-8-15(24-3)19(16(9-13)25-4)29-14-10-17(26-5)20(27-6)21(28-7)18(14)12(2)23/h8-10H,1-7H3. The van der Waals surface area contributed by atoms with Crippen LogP contribution in [0.25, 0.3) is 0 Å². The predicted molar refractivity (Wildman–Crippen MR) is 106 cm³/mol. The molecule has 0 fully saturated rings. The normalized spacial score (nSPS) is 10.2. The van der Waals surface area contributed by atoms with E-state index in [-0.39, 0.29) is 51.6 Å². The van der Waals surface area contributed by atoms with Gasteiger partial charge in [-0.15, -0.1) is 0 Å². The average Bonchev–Trinajstić information content (AvgIpc) is 2.71. The summed E-state index contributed by atoms with van der Waals surface area (Å²) in [7, 11) is 7.18. The molecule has 0 radical (unpaired) electrons. The van der Waals surface area contributed by atoms with Gasteiger partial charge in [0.15, 0.2) is 34.6 Å². The highest BCUT2D eigenvalue weighted by Crippen LogP contribution is 2.49. The van der Waals surface area contributed by atoms with Crippen molar-refractivity contribution in [3.63, 3.8) is 0 Å². The minimum absolute atomic E-state index is 0.152. The fourth-order valence-electron chi connectivity index (χ4n) is 2.84. The third-order valence-corrected chi connectivity index (χ3v) is 4.23. The molecule has 0 N–H and O–H groups in total. The highest BCUT2D eigenvalue weighted by atomic mass is 16.5. The maximum Gasteiger partial charge on any atom is 0.211 e. The Kier molecular flexibility index (Phi) is 6.93. The van der Waals surface area contributed by atoms with Crippen LogP contribution < -0.4 is 28.4 Å². The lowest BCUT2D eigenvalue weighted by Crippen LogP contribution is -2.06. The second-order valence-electron chi connectivity index (χ2n) is 5.94. The number of methoxy groups -OCH3 is 5. The molecule has 2 aromatic carbocycles. The van der Waals surface area contributed by atoms with Gasteiger partial charge in [-0.3, -0.25) is 9.59 Å². The van der Waals surface area contributed by atoms with E-state index in [0.717, 1.165) is 0 Å². The van der Waals surface area contributed by atoms with E-state index in [4.69, 9.17) is 28.4 Å². The third-order valence-electron chi connectivity index (χ3n) is 4.23. The molecular weight excluding hydrogens is 380 g/mol. The zero-order chi connectivity index (χ0) is 21.7. The summed E-state index contributed by atoms with van der Waals surface area (Å²) in [5, 5.41) is 0. The fraction of sp³-hybridized carbons (Fsp3) is 0.333. The average molecular weight is 404 g/mol. The van der Waals surface area contributed by atoms with Gasteiger partial charge >= 0.3 is 0 Å². The predicted octanol–water partition coefficient (Wildman–Crippen LogP) is 3.93. The summed E-state index contributed by atoms with van der Waals surface area (Å²) in [6, 6.07) is 4.58. The second-order valence-corrected chi connectivity index (χ2v) is 5.94. The second kappa shape index (κ2) is 9.18. The molecule has 0 aliphatic rings. The minimum Gasteiger partial charge on any atom is -0.493 e. The Hall–Kier alpha value is -3.42. The van der Waals surface area contributed by atoms with E-state index >= 15 is 0 Å². The van der Waals surface area contributed by atoms with Gasteiger partial charge in [-0.05, 0) is 26.0 Å². The highest BCUT2D eigenvalue weighted by Gasteiger charge is 2.27. The quantitative estimate of drug-likeness (QED) is 0.581. The molecule has 2 aromatic rings. The van der Waals surface area contributed by atoms with Crippen molar-refractivity contribution in [3.05, 3.63) is 29.3 Å². The molecule has 2 rings (SSSR count). The molecule has 0 aromatic heterocycles. The monoisotopic (exact) mass is 404 g/mol.